The van der Waals surface area contributed by atoms with Crippen LogP contribution >= 0.6 is 0 Å². The van der Waals surface area contributed by atoms with E-state index in [0.717, 1.165) is 0 Å². The van der Waals surface area contributed by atoms with Crippen LogP contribution in [0.5, 0.6) is 0 Å². The molecular weight excluding hydrogens is 230 g/mol. The molecule has 1 unspecified atom stereocenters. The van der Waals surface area contributed by atoms with Crippen LogP contribution in [0.1, 0.15) is 18.6 Å². The number of likely N-dealkylation sites (N-methyl/N-ethyl adjacent to an activating group) is 1. The maximum atomic E-state index is 12.7. The third kappa shape index (κ3) is 2.69. The van der Waals surface area contributed by atoms with Gasteiger partial charge in [-0.25, -0.2) is 8.78 Å². The molecule has 1 rings (SSSR count). The Morgan fingerprint density at radius 3 is 2.56 bits per heavy atom. The lowest BCUT2D eigenvalue weighted by Crippen LogP contribution is -2.25. The Morgan fingerprint density at radius 2 is 2.06 bits per heavy atom. The van der Waals surface area contributed by atoms with Gasteiger partial charge >= 0.3 is 18.2 Å². The van der Waals surface area contributed by atoms with Crippen molar-refractivity contribution in [1.82, 2.24) is 15.5 Å². The molecule has 0 saturated carbocycles. The summed E-state index contributed by atoms with van der Waals surface area (Å²) in [5.41, 5.74) is 0. The van der Waals surface area contributed by atoms with Crippen LogP contribution in [0.3, 0.4) is 0 Å². The van der Waals surface area contributed by atoms with E-state index < -0.39 is 18.2 Å². The summed E-state index contributed by atoms with van der Waals surface area (Å²) in [7, 11) is 1.67. The predicted molar refractivity (Wildman–Crippen MR) is 46.4 cm³/mol. The highest BCUT2D eigenvalue weighted by molar-refractivity contribution is 4.96. The fourth-order valence-corrected chi connectivity index (χ4v) is 0.942. The molecule has 4 nitrogen and oxygen atoms in total. The fraction of sp³-hybridized carbons (Fsp3) is 0.750. The number of hydrogen-bond acceptors (Lipinski definition) is 4. The summed E-state index contributed by atoms with van der Waals surface area (Å²) < 4.78 is 53.5. The molecule has 0 amide bonds. The van der Waals surface area contributed by atoms with Gasteiger partial charge in [0.1, 0.15) is 0 Å². The Kier molecular flexibility index (Phi) is 3.84. The normalized spacial score (nSPS) is 14.4. The molecule has 0 aliphatic heterocycles. The van der Waals surface area contributed by atoms with Crippen LogP contribution < -0.4 is 5.32 Å². The molecule has 0 aromatic carbocycles. The Balaban J connectivity index is 2.79. The first-order valence-corrected chi connectivity index (χ1v) is 4.54. The van der Waals surface area contributed by atoms with Gasteiger partial charge in [-0.3, -0.25) is 0 Å². The smallest absolute Gasteiger partial charge is 0.332 e. The van der Waals surface area contributed by atoms with Crippen molar-refractivity contribution in [2.24, 2.45) is 0 Å². The molecule has 8 heteroatoms. The molecule has 0 bridgehead atoms. The molecule has 1 aromatic heterocycles. The van der Waals surface area contributed by atoms with E-state index >= 15 is 0 Å². The van der Waals surface area contributed by atoms with E-state index in [4.69, 9.17) is 0 Å². The summed E-state index contributed by atoms with van der Waals surface area (Å²) in [6.45, 7) is 1.77. The van der Waals surface area contributed by atoms with E-state index in [1.165, 1.54) is 0 Å². The molecule has 0 aliphatic rings. The first kappa shape index (κ1) is 12.9. The maximum Gasteiger partial charge on any atom is 0.383 e. The zero-order chi connectivity index (χ0) is 12.3. The van der Waals surface area contributed by atoms with Crippen LogP contribution in [0.4, 0.5) is 17.6 Å². The third-order valence-corrected chi connectivity index (χ3v) is 2.01. The summed E-state index contributed by atoms with van der Waals surface area (Å²) >= 11 is 0. The second kappa shape index (κ2) is 4.77. The molecule has 1 N–H and O–H groups in total. The van der Waals surface area contributed by atoms with Gasteiger partial charge in [0.25, 0.3) is 0 Å². The van der Waals surface area contributed by atoms with Gasteiger partial charge in [0, 0.05) is 12.5 Å². The van der Waals surface area contributed by atoms with Crippen molar-refractivity contribution in [3.05, 3.63) is 11.7 Å². The van der Waals surface area contributed by atoms with Crippen LogP contribution in [0, 0.1) is 0 Å². The van der Waals surface area contributed by atoms with Gasteiger partial charge in [-0.2, -0.15) is 13.8 Å². The molecular formula is C8H11F4N3O. The second-order valence-corrected chi connectivity index (χ2v) is 3.33. The molecule has 0 radical (unpaired) electrons. The summed E-state index contributed by atoms with van der Waals surface area (Å²) in [5, 5.41) is 6.04. The van der Waals surface area contributed by atoms with Crippen molar-refractivity contribution in [2.45, 2.75) is 31.7 Å². The standard InChI is InChI=1S/C8H11F4N3O/c1-4(13-2)3-5-14-7(16-15-5)8(11,12)6(9)10/h4,6,13H,3H2,1-2H3. The number of nitrogens with zero attached hydrogens (tertiary/aromatic N) is 2. The zero-order valence-corrected chi connectivity index (χ0v) is 8.68. The topological polar surface area (TPSA) is 51.0 Å². The summed E-state index contributed by atoms with van der Waals surface area (Å²) in [6, 6.07) is -0.0642. The highest BCUT2D eigenvalue weighted by Gasteiger charge is 2.48. The second-order valence-electron chi connectivity index (χ2n) is 3.33. The van der Waals surface area contributed by atoms with Gasteiger partial charge in [0.15, 0.2) is 5.82 Å². The van der Waals surface area contributed by atoms with Crippen LogP contribution in [0.2, 0.25) is 0 Å². The molecule has 1 aromatic rings. The Hall–Kier alpha value is -1.18. The number of aromatic nitrogens is 2. The average Bonchev–Trinajstić information content (AvgIpc) is 2.66. The van der Waals surface area contributed by atoms with E-state index in [9.17, 15) is 17.6 Å². The average molecular weight is 241 g/mol. The minimum absolute atomic E-state index is 0.0304. The zero-order valence-electron chi connectivity index (χ0n) is 8.68. The van der Waals surface area contributed by atoms with Crippen LogP contribution in [-0.2, 0) is 12.3 Å². The highest BCUT2D eigenvalue weighted by atomic mass is 19.3. The first-order chi connectivity index (χ1) is 7.37. The number of nitrogens with one attached hydrogen (secondary N) is 1. The van der Waals surface area contributed by atoms with Gasteiger partial charge < -0.3 is 9.84 Å². The lowest BCUT2D eigenvalue weighted by molar-refractivity contribution is -0.152. The van der Waals surface area contributed by atoms with Gasteiger partial charge in [0.2, 0.25) is 0 Å². The molecule has 0 aliphatic carbocycles. The Morgan fingerprint density at radius 1 is 1.44 bits per heavy atom. The molecule has 1 heterocycles. The van der Waals surface area contributed by atoms with Crippen LogP contribution in [0.25, 0.3) is 0 Å². The number of halogens is 4. The van der Waals surface area contributed by atoms with Crippen LogP contribution in [0.15, 0.2) is 4.52 Å². The summed E-state index contributed by atoms with van der Waals surface area (Å²) in [5.74, 6) is -5.77. The molecule has 92 valence electrons. The van der Waals surface area contributed by atoms with E-state index in [0.29, 0.717) is 0 Å². The lowest BCUT2D eigenvalue weighted by atomic mass is 10.2. The van der Waals surface area contributed by atoms with Gasteiger partial charge in [-0.1, -0.05) is 5.16 Å². The summed E-state index contributed by atoms with van der Waals surface area (Å²) in [6.07, 6.45) is -3.64. The molecule has 0 fully saturated rings. The number of rotatable bonds is 5. The van der Waals surface area contributed by atoms with Crippen molar-refractivity contribution in [1.29, 1.82) is 0 Å². The van der Waals surface area contributed by atoms with E-state index in [1.54, 1.807) is 14.0 Å². The number of hydrogen-bond donors (Lipinski definition) is 1. The first-order valence-electron chi connectivity index (χ1n) is 4.54. The minimum Gasteiger partial charge on any atom is -0.332 e. The largest absolute Gasteiger partial charge is 0.383 e. The predicted octanol–water partition coefficient (Wildman–Crippen LogP) is 1.58. The summed E-state index contributed by atoms with van der Waals surface area (Å²) in [4.78, 5) is 3.24. The van der Waals surface area contributed by atoms with Gasteiger partial charge in [-0.05, 0) is 14.0 Å². The van der Waals surface area contributed by atoms with Gasteiger partial charge in [-0.15, -0.1) is 0 Å². The number of alkyl halides is 4. The monoisotopic (exact) mass is 241 g/mol. The van der Waals surface area contributed by atoms with E-state index in [1.807, 2.05) is 0 Å². The minimum atomic E-state index is -4.39. The van der Waals surface area contributed by atoms with Crippen LogP contribution in [-0.4, -0.2) is 29.7 Å². The Bertz CT molecular complexity index is 342. The highest BCUT2D eigenvalue weighted by Crippen LogP contribution is 2.33. The molecule has 0 spiro atoms. The quantitative estimate of drug-likeness (QED) is 0.795. The van der Waals surface area contributed by atoms with E-state index in [2.05, 4.69) is 20.0 Å². The SMILES string of the molecule is CNC(C)Cc1noc(C(F)(F)C(F)F)n1. The maximum absolute atomic E-state index is 12.7. The van der Waals surface area contributed by atoms with E-state index in [-0.39, 0.29) is 18.3 Å². The van der Waals surface area contributed by atoms with Crippen molar-refractivity contribution >= 4 is 0 Å². The van der Waals surface area contributed by atoms with Gasteiger partial charge in [0.05, 0.1) is 0 Å². The Labute approximate surface area is 89.0 Å². The molecule has 16 heavy (non-hydrogen) atoms. The molecule has 1 atom stereocenters. The van der Waals surface area contributed by atoms with Crippen molar-refractivity contribution in [3.63, 3.8) is 0 Å². The lowest BCUT2D eigenvalue weighted by Gasteiger charge is -2.08. The van der Waals surface area contributed by atoms with Crippen molar-refractivity contribution < 1.29 is 22.1 Å². The molecule has 0 saturated heterocycles. The third-order valence-electron chi connectivity index (χ3n) is 2.01. The fourth-order valence-electron chi connectivity index (χ4n) is 0.942. The van der Waals surface area contributed by atoms with Crippen molar-refractivity contribution in [3.8, 4) is 0 Å². The van der Waals surface area contributed by atoms with Crippen molar-refractivity contribution in [2.75, 3.05) is 7.05 Å².